The van der Waals surface area contributed by atoms with Gasteiger partial charge in [0, 0.05) is 57.8 Å². The largest absolute Gasteiger partial charge is 0.433 e. The highest BCUT2D eigenvalue weighted by Crippen LogP contribution is 2.36. The van der Waals surface area contributed by atoms with Crippen LogP contribution in [0.1, 0.15) is 25.0 Å². The van der Waals surface area contributed by atoms with Crippen molar-refractivity contribution >= 4 is 17.8 Å². The first kappa shape index (κ1) is 20.2. The fraction of sp³-hybridized carbons (Fsp3) is 0.647. The lowest BCUT2D eigenvalue weighted by molar-refractivity contribution is -0.141. The Balaban J connectivity index is 1.49. The highest BCUT2D eigenvalue weighted by atomic mass is 19.4. The molecule has 1 aromatic heterocycles. The predicted molar refractivity (Wildman–Crippen MR) is 97.8 cm³/mol. The summed E-state index contributed by atoms with van der Waals surface area (Å²) in [5.41, 5.74) is -1.02. The van der Waals surface area contributed by atoms with E-state index in [0.717, 1.165) is 38.2 Å². The molecule has 2 saturated heterocycles. The molecule has 0 radical (unpaired) electrons. The number of guanidine groups is 1. The normalized spacial score (nSPS) is 23.1. The number of hydrogen-bond donors (Lipinski definition) is 3. The van der Waals surface area contributed by atoms with Gasteiger partial charge in [-0.25, -0.2) is 9.97 Å². The van der Waals surface area contributed by atoms with Crippen molar-refractivity contribution < 1.29 is 18.0 Å². The smallest absolute Gasteiger partial charge is 0.355 e. The molecule has 2 aliphatic rings. The summed E-state index contributed by atoms with van der Waals surface area (Å²) in [5, 5.41) is 8.90. The van der Waals surface area contributed by atoms with Gasteiger partial charge in [-0.3, -0.25) is 9.79 Å². The second kappa shape index (κ2) is 8.19. The van der Waals surface area contributed by atoms with Gasteiger partial charge in [-0.1, -0.05) is 0 Å². The summed E-state index contributed by atoms with van der Waals surface area (Å²) >= 11 is 0. The first-order chi connectivity index (χ1) is 13.3. The van der Waals surface area contributed by atoms with E-state index in [4.69, 9.17) is 0 Å². The van der Waals surface area contributed by atoms with E-state index in [9.17, 15) is 18.0 Å². The molecule has 2 fully saturated rings. The van der Waals surface area contributed by atoms with Crippen LogP contribution in [0.25, 0.3) is 0 Å². The third-order valence-corrected chi connectivity index (χ3v) is 5.01. The molecule has 0 bridgehead atoms. The van der Waals surface area contributed by atoms with Crippen LogP contribution in [0.3, 0.4) is 0 Å². The number of aliphatic imine (C=N–C) groups is 1. The van der Waals surface area contributed by atoms with Crippen LogP contribution in [-0.4, -0.2) is 66.5 Å². The standard InChI is InChI=1S/C17H24F3N7O/c1-21-15(27-8-2-4-16(11-27)9-13(28)25-10-16)24-7-6-23-14-22-5-3-12(26-14)17(18,19)20/h3,5H,2,4,6-11H2,1H3,(H,21,24)(H,25,28)(H,22,23,26). The van der Waals surface area contributed by atoms with Crippen LogP contribution in [0.4, 0.5) is 19.1 Å². The highest BCUT2D eigenvalue weighted by Gasteiger charge is 2.42. The Bertz CT molecular complexity index is 740. The number of carbonyl (C=O) groups excluding carboxylic acids is 1. The van der Waals surface area contributed by atoms with Crippen LogP contribution in [-0.2, 0) is 11.0 Å². The fourth-order valence-corrected chi connectivity index (χ4v) is 3.71. The number of likely N-dealkylation sites (tertiary alicyclic amines) is 1. The lowest BCUT2D eigenvalue weighted by atomic mass is 9.79. The summed E-state index contributed by atoms with van der Waals surface area (Å²) in [4.78, 5) is 25.3. The van der Waals surface area contributed by atoms with Gasteiger partial charge in [0.25, 0.3) is 0 Å². The van der Waals surface area contributed by atoms with Crippen molar-refractivity contribution in [3.05, 3.63) is 18.0 Å². The molecule has 1 spiro atoms. The highest BCUT2D eigenvalue weighted by molar-refractivity contribution is 5.81. The molecular weight excluding hydrogens is 375 g/mol. The summed E-state index contributed by atoms with van der Waals surface area (Å²) in [6.07, 6.45) is -0.899. The lowest BCUT2D eigenvalue weighted by Gasteiger charge is -2.40. The van der Waals surface area contributed by atoms with Crippen LogP contribution >= 0.6 is 0 Å². The van der Waals surface area contributed by atoms with Gasteiger partial charge in [0.05, 0.1) is 0 Å². The number of alkyl halides is 3. The van der Waals surface area contributed by atoms with Crippen molar-refractivity contribution in [3.8, 4) is 0 Å². The minimum absolute atomic E-state index is 0.0446. The van der Waals surface area contributed by atoms with Gasteiger partial charge >= 0.3 is 6.18 Å². The monoisotopic (exact) mass is 399 g/mol. The van der Waals surface area contributed by atoms with Crippen molar-refractivity contribution in [1.29, 1.82) is 0 Å². The van der Waals surface area contributed by atoms with E-state index in [1.165, 1.54) is 0 Å². The number of amides is 1. The lowest BCUT2D eigenvalue weighted by Crippen LogP contribution is -2.51. The minimum atomic E-state index is -4.50. The van der Waals surface area contributed by atoms with E-state index in [0.29, 0.717) is 32.0 Å². The number of anilines is 1. The molecule has 154 valence electrons. The number of nitrogens with zero attached hydrogens (tertiary/aromatic N) is 4. The number of nitrogens with one attached hydrogen (secondary N) is 3. The second-order valence-electron chi connectivity index (χ2n) is 7.14. The van der Waals surface area contributed by atoms with Crippen LogP contribution in [0, 0.1) is 5.41 Å². The quantitative estimate of drug-likeness (QED) is 0.399. The van der Waals surface area contributed by atoms with E-state index in [2.05, 4.69) is 35.8 Å². The predicted octanol–water partition coefficient (Wildman–Crippen LogP) is 1.08. The number of piperidine rings is 1. The molecule has 0 aliphatic carbocycles. The molecular formula is C17H24F3N7O. The maximum atomic E-state index is 12.7. The number of rotatable bonds is 4. The van der Waals surface area contributed by atoms with Crippen molar-refractivity contribution in [1.82, 2.24) is 25.5 Å². The van der Waals surface area contributed by atoms with E-state index in [1.54, 1.807) is 7.05 Å². The second-order valence-corrected chi connectivity index (χ2v) is 7.14. The number of aromatic nitrogens is 2. The molecule has 8 nitrogen and oxygen atoms in total. The summed E-state index contributed by atoms with van der Waals surface area (Å²) in [5.74, 6) is 0.736. The molecule has 2 aliphatic heterocycles. The summed E-state index contributed by atoms with van der Waals surface area (Å²) in [7, 11) is 1.69. The molecule has 0 saturated carbocycles. The van der Waals surface area contributed by atoms with E-state index in [1.807, 2.05) is 0 Å². The number of carbonyl (C=O) groups is 1. The van der Waals surface area contributed by atoms with Crippen molar-refractivity contribution in [2.75, 3.05) is 45.1 Å². The topological polar surface area (TPSA) is 94.5 Å². The van der Waals surface area contributed by atoms with Crippen LogP contribution in [0.2, 0.25) is 0 Å². The van der Waals surface area contributed by atoms with Crippen molar-refractivity contribution in [2.45, 2.75) is 25.4 Å². The van der Waals surface area contributed by atoms with E-state index >= 15 is 0 Å². The van der Waals surface area contributed by atoms with Gasteiger partial charge in [-0.2, -0.15) is 13.2 Å². The Hall–Kier alpha value is -2.59. The average molecular weight is 399 g/mol. The Labute approximate surface area is 161 Å². The first-order valence-corrected chi connectivity index (χ1v) is 9.18. The molecule has 3 N–H and O–H groups in total. The Morgan fingerprint density at radius 2 is 2.25 bits per heavy atom. The van der Waals surface area contributed by atoms with Crippen LogP contribution in [0.15, 0.2) is 17.3 Å². The zero-order valence-electron chi connectivity index (χ0n) is 15.6. The van der Waals surface area contributed by atoms with Gasteiger partial charge in [-0.15, -0.1) is 0 Å². The summed E-state index contributed by atoms with van der Waals surface area (Å²) < 4.78 is 38.1. The summed E-state index contributed by atoms with van der Waals surface area (Å²) in [6.45, 7) is 3.05. The van der Waals surface area contributed by atoms with Crippen LogP contribution in [0.5, 0.6) is 0 Å². The minimum Gasteiger partial charge on any atom is -0.355 e. The molecule has 28 heavy (non-hydrogen) atoms. The molecule has 1 aromatic rings. The van der Waals surface area contributed by atoms with Gasteiger partial charge in [0.2, 0.25) is 11.9 Å². The summed E-state index contributed by atoms with van der Waals surface area (Å²) in [6, 6.07) is 0.833. The number of hydrogen-bond acceptors (Lipinski definition) is 5. The van der Waals surface area contributed by atoms with Crippen molar-refractivity contribution in [3.63, 3.8) is 0 Å². The molecule has 3 rings (SSSR count). The molecule has 1 unspecified atom stereocenters. The third kappa shape index (κ3) is 4.82. The zero-order chi connectivity index (χ0) is 20.2. The van der Waals surface area contributed by atoms with Gasteiger partial charge in [0.15, 0.2) is 5.96 Å². The van der Waals surface area contributed by atoms with Gasteiger partial charge < -0.3 is 20.9 Å². The zero-order valence-corrected chi connectivity index (χ0v) is 15.6. The fourth-order valence-electron chi connectivity index (χ4n) is 3.71. The average Bonchev–Trinajstić information content (AvgIpc) is 3.01. The van der Waals surface area contributed by atoms with E-state index in [-0.39, 0.29) is 17.3 Å². The first-order valence-electron chi connectivity index (χ1n) is 9.18. The Kier molecular flexibility index (Phi) is 5.90. The molecule has 1 atom stereocenters. The molecule has 3 heterocycles. The van der Waals surface area contributed by atoms with Gasteiger partial charge in [0.1, 0.15) is 5.69 Å². The van der Waals surface area contributed by atoms with Crippen LogP contribution < -0.4 is 16.0 Å². The Morgan fingerprint density at radius 3 is 2.93 bits per heavy atom. The van der Waals surface area contributed by atoms with E-state index < -0.39 is 11.9 Å². The maximum Gasteiger partial charge on any atom is 0.433 e. The SMILES string of the molecule is CN=C(NCCNc1nccc(C(F)(F)F)n1)N1CCCC2(CNC(=O)C2)C1. The number of halogens is 3. The molecule has 11 heteroatoms. The van der Waals surface area contributed by atoms with Gasteiger partial charge in [-0.05, 0) is 18.9 Å². The molecule has 0 aromatic carbocycles. The molecule has 1 amide bonds. The Morgan fingerprint density at radius 1 is 1.43 bits per heavy atom. The van der Waals surface area contributed by atoms with Crippen molar-refractivity contribution in [2.24, 2.45) is 10.4 Å². The maximum absolute atomic E-state index is 12.7. The third-order valence-electron chi connectivity index (χ3n) is 5.01.